The van der Waals surface area contributed by atoms with Crippen LogP contribution in [0.15, 0.2) is 58.4 Å². The Morgan fingerprint density at radius 1 is 1.17 bits per heavy atom. The lowest BCUT2D eigenvalue weighted by atomic mass is 10.2. The summed E-state index contributed by atoms with van der Waals surface area (Å²) in [6.07, 6.45) is 1.66. The molecule has 2 aromatic rings. The molecular weight excluding hydrogens is 396 g/mol. The predicted molar refractivity (Wildman–Crippen MR) is 108 cm³/mol. The van der Waals surface area contributed by atoms with E-state index in [1.165, 1.54) is 17.0 Å². The number of carboxylic acids is 2. The first-order valence-corrected chi connectivity index (χ1v) is 9.19. The second-order valence-corrected chi connectivity index (χ2v) is 6.99. The third kappa shape index (κ3) is 5.02. The SMILES string of the molecule is CN1C(=O)/C(=C/c2cccc(OCC(=O)O)c2)SC1=Nc1cccc(C(=O)O)c1. The lowest BCUT2D eigenvalue weighted by Crippen LogP contribution is -2.23. The van der Waals surface area contributed by atoms with Crippen LogP contribution in [0.4, 0.5) is 5.69 Å². The second kappa shape index (κ2) is 8.61. The van der Waals surface area contributed by atoms with Gasteiger partial charge in [-0.3, -0.25) is 9.69 Å². The highest BCUT2D eigenvalue weighted by Gasteiger charge is 2.30. The van der Waals surface area contributed by atoms with Gasteiger partial charge in [0.1, 0.15) is 5.75 Å². The Balaban J connectivity index is 1.83. The van der Waals surface area contributed by atoms with E-state index in [1.54, 1.807) is 49.5 Å². The minimum atomic E-state index is -1.08. The van der Waals surface area contributed by atoms with E-state index in [0.717, 1.165) is 11.8 Å². The van der Waals surface area contributed by atoms with Gasteiger partial charge in [-0.1, -0.05) is 18.2 Å². The summed E-state index contributed by atoms with van der Waals surface area (Å²) in [4.78, 5) is 40.5. The van der Waals surface area contributed by atoms with Gasteiger partial charge in [-0.2, -0.15) is 0 Å². The van der Waals surface area contributed by atoms with E-state index < -0.39 is 18.5 Å². The van der Waals surface area contributed by atoms with Gasteiger partial charge in [0.05, 0.1) is 16.2 Å². The summed E-state index contributed by atoms with van der Waals surface area (Å²) in [7, 11) is 1.59. The fraction of sp³-hybridized carbons (Fsp3) is 0.100. The zero-order chi connectivity index (χ0) is 21.0. The highest BCUT2D eigenvalue weighted by molar-refractivity contribution is 8.18. The molecule has 1 aliphatic rings. The zero-order valence-corrected chi connectivity index (χ0v) is 16.0. The number of aromatic carboxylic acids is 1. The Morgan fingerprint density at radius 3 is 2.66 bits per heavy atom. The van der Waals surface area contributed by atoms with Gasteiger partial charge in [0.25, 0.3) is 5.91 Å². The molecule has 148 valence electrons. The number of thioether (sulfide) groups is 1. The van der Waals surface area contributed by atoms with Crippen LogP contribution < -0.4 is 4.74 Å². The molecule has 29 heavy (non-hydrogen) atoms. The number of aliphatic imine (C=N–C) groups is 1. The van der Waals surface area contributed by atoms with Crippen LogP contribution in [0.5, 0.6) is 5.75 Å². The molecule has 0 aliphatic carbocycles. The topological polar surface area (TPSA) is 117 Å². The number of rotatable bonds is 6. The molecule has 0 saturated carbocycles. The van der Waals surface area contributed by atoms with Crippen molar-refractivity contribution < 1.29 is 29.3 Å². The van der Waals surface area contributed by atoms with Gasteiger partial charge in [0.15, 0.2) is 11.8 Å². The Morgan fingerprint density at radius 2 is 1.93 bits per heavy atom. The van der Waals surface area contributed by atoms with Crippen LogP contribution in [-0.2, 0) is 9.59 Å². The number of nitrogens with zero attached hydrogens (tertiary/aromatic N) is 2. The highest BCUT2D eigenvalue weighted by atomic mass is 32.2. The summed E-state index contributed by atoms with van der Waals surface area (Å²) < 4.78 is 5.15. The van der Waals surface area contributed by atoms with Crippen LogP contribution in [0, 0.1) is 0 Å². The minimum absolute atomic E-state index is 0.109. The Hall–Kier alpha value is -3.59. The van der Waals surface area contributed by atoms with Crippen LogP contribution in [0.2, 0.25) is 0 Å². The van der Waals surface area contributed by atoms with E-state index in [1.807, 2.05) is 0 Å². The number of amidine groups is 1. The van der Waals surface area contributed by atoms with Crippen molar-refractivity contribution in [2.24, 2.45) is 4.99 Å². The van der Waals surface area contributed by atoms with E-state index >= 15 is 0 Å². The summed E-state index contributed by atoms with van der Waals surface area (Å²) in [6, 6.07) is 12.9. The molecule has 0 bridgehead atoms. The molecule has 1 amide bonds. The van der Waals surface area contributed by atoms with Gasteiger partial charge < -0.3 is 14.9 Å². The van der Waals surface area contributed by atoms with Gasteiger partial charge in [0.2, 0.25) is 0 Å². The monoisotopic (exact) mass is 412 g/mol. The molecule has 3 rings (SSSR count). The maximum atomic E-state index is 12.5. The van der Waals surface area contributed by atoms with E-state index in [4.69, 9.17) is 14.9 Å². The van der Waals surface area contributed by atoms with Gasteiger partial charge >= 0.3 is 11.9 Å². The number of benzene rings is 2. The number of carbonyl (C=O) groups is 3. The number of likely N-dealkylation sites (N-methyl/N-ethyl adjacent to an activating group) is 1. The first kappa shape index (κ1) is 20.2. The molecule has 9 heteroatoms. The number of amides is 1. The molecule has 0 radical (unpaired) electrons. The van der Waals surface area contributed by atoms with Crippen molar-refractivity contribution in [3.05, 3.63) is 64.6 Å². The Kier molecular flexibility index (Phi) is 5.99. The lowest BCUT2D eigenvalue weighted by molar-refractivity contribution is -0.139. The number of aliphatic carboxylic acids is 1. The quantitative estimate of drug-likeness (QED) is 0.700. The molecular formula is C20H16N2O6S. The molecule has 0 spiro atoms. The summed E-state index contributed by atoms with van der Waals surface area (Å²) in [5.74, 6) is -2.00. The molecule has 1 aliphatic heterocycles. The van der Waals surface area contributed by atoms with Crippen LogP contribution in [0.25, 0.3) is 6.08 Å². The Bertz CT molecular complexity index is 1050. The molecule has 0 unspecified atom stereocenters. The van der Waals surface area contributed by atoms with E-state index in [-0.39, 0.29) is 11.5 Å². The van der Waals surface area contributed by atoms with E-state index in [9.17, 15) is 14.4 Å². The fourth-order valence-electron chi connectivity index (χ4n) is 2.46. The first-order valence-electron chi connectivity index (χ1n) is 8.38. The van der Waals surface area contributed by atoms with E-state index in [0.29, 0.717) is 27.1 Å². The van der Waals surface area contributed by atoms with Gasteiger partial charge in [0, 0.05) is 7.05 Å². The third-order valence-electron chi connectivity index (χ3n) is 3.84. The summed E-state index contributed by atoms with van der Waals surface area (Å²) in [5.41, 5.74) is 1.21. The number of ether oxygens (including phenoxy) is 1. The van der Waals surface area contributed by atoms with Crippen LogP contribution in [-0.4, -0.2) is 51.8 Å². The molecule has 8 nitrogen and oxygen atoms in total. The molecule has 2 aromatic carbocycles. The molecule has 0 atom stereocenters. The van der Waals surface area contributed by atoms with Crippen molar-refractivity contribution >= 4 is 46.5 Å². The van der Waals surface area contributed by atoms with Gasteiger partial charge in [-0.25, -0.2) is 14.6 Å². The van der Waals surface area contributed by atoms with Crippen molar-refractivity contribution in [2.45, 2.75) is 0 Å². The fourth-order valence-corrected chi connectivity index (χ4v) is 3.45. The zero-order valence-electron chi connectivity index (χ0n) is 15.2. The van der Waals surface area contributed by atoms with Gasteiger partial charge in [-0.15, -0.1) is 0 Å². The number of hydrogen-bond donors (Lipinski definition) is 2. The third-order valence-corrected chi connectivity index (χ3v) is 4.90. The van der Waals surface area contributed by atoms with Crippen molar-refractivity contribution in [3.8, 4) is 5.75 Å². The molecule has 0 aromatic heterocycles. The molecule has 1 heterocycles. The predicted octanol–water partition coefficient (Wildman–Crippen LogP) is 3.08. The number of hydrogen-bond acceptors (Lipinski definition) is 6. The molecule has 1 saturated heterocycles. The maximum Gasteiger partial charge on any atom is 0.341 e. The van der Waals surface area contributed by atoms with Gasteiger partial charge in [-0.05, 0) is 53.7 Å². The van der Waals surface area contributed by atoms with Crippen molar-refractivity contribution in [1.29, 1.82) is 0 Å². The lowest BCUT2D eigenvalue weighted by Gasteiger charge is -2.07. The minimum Gasteiger partial charge on any atom is -0.482 e. The van der Waals surface area contributed by atoms with Crippen molar-refractivity contribution in [1.82, 2.24) is 4.90 Å². The standard InChI is InChI=1S/C20H16N2O6S/c1-22-18(25)16(9-12-4-2-7-15(8-12)28-11-17(23)24)29-20(22)21-14-6-3-5-13(10-14)19(26)27/h2-10H,11H2,1H3,(H,23,24)(H,26,27)/b16-9-,21-20?. The first-order chi connectivity index (χ1) is 13.8. The largest absolute Gasteiger partial charge is 0.482 e. The number of carboxylic acid groups (broad SMARTS) is 2. The summed E-state index contributed by atoms with van der Waals surface area (Å²) in [5, 5.41) is 18.2. The average molecular weight is 412 g/mol. The molecule has 1 fully saturated rings. The smallest absolute Gasteiger partial charge is 0.341 e. The Labute approximate surface area is 170 Å². The summed E-state index contributed by atoms with van der Waals surface area (Å²) in [6.45, 7) is -0.456. The highest BCUT2D eigenvalue weighted by Crippen LogP contribution is 2.33. The van der Waals surface area contributed by atoms with Crippen LogP contribution in [0.3, 0.4) is 0 Å². The summed E-state index contributed by atoms with van der Waals surface area (Å²) >= 11 is 1.16. The molecule has 2 N–H and O–H groups in total. The second-order valence-electron chi connectivity index (χ2n) is 5.98. The van der Waals surface area contributed by atoms with Crippen molar-refractivity contribution in [3.63, 3.8) is 0 Å². The maximum absolute atomic E-state index is 12.5. The van der Waals surface area contributed by atoms with Crippen molar-refractivity contribution in [2.75, 3.05) is 13.7 Å². The van der Waals surface area contributed by atoms with Crippen LogP contribution in [0.1, 0.15) is 15.9 Å². The normalized spacial score (nSPS) is 16.4. The number of carbonyl (C=O) groups excluding carboxylic acids is 1. The average Bonchev–Trinajstić information content (AvgIpc) is 2.95. The van der Waals surface area contributed by atoms with Crippen LogP contribution >= 0.6 is 11.8 Å². The van der Waals surface area contributed by atoms with E-state index in [2.05, 4.69) is 4.99 Å².